The lowest BCUT2D eigenvalue weighted by molar-refractivity contribution is -0.132. The predicted molar refractivity (Wildman–Crippen MR) is 129 cm³/mol. The van der Waals surface area contributed by atoms with Gasteiger partial charge in [0.25, 0.3) is 5.56 Å². The minimum absolute atomic E-state index is 0.157. The molecule has 33 heavy (non-hydrogen) atoms. The molecule has 0 radical (unpaired) electrons. The molecule has 0 N–H and O–H groups in total. The number of hydrogen-bond acceptors (Lipinski definition) is 4. The molecule has 6 heteroatoms. The topological polar surface area (TPSA) is 64.4 Å². The number of aryl methyl sites for hydroxylation is 1. The minimum atomic E-state index is -0.157. The molecule has 0 saturated carbocycles. The standard InChI is InChI=1S/C27H31N3O3/c1-33-24-10-5-9-23(20-24)25-12-13-27(32)30(28-25)16-6-11-26(31)29-17-14-22(15-18-29)19-21-7-3-2-4-8-21/h2-5,7-10,12-13,20,22H,6,11,14-19H2,1H3. The van der Waals surface area contributed by atoms with Crippen molar-refractivity contribution in [2.24, 2.45) is 5.92 Å². The highest BCUT2D eigenvalue weighted by Crippen LogP contribution is 2.23. The number of hydrogen-bond donors (Lipinski definition) is 0. The number of amides is 1. The third-order valence-corrected chi connectivity index (χ3v) is 6.33. The zero-order chi connectivity index (χ0) is 23.0. The molecule has 1 aromatic heterocycles. The van der Waals surface area contributed by atoms with Crippen molar-refractivity contribution in [3.63, 3.8) is 0 Å². The predicted octanol–water partition coefficient (Wildman–Crippen LogP) is 4.18. The van der Waals surface area contributed by atoms with Gasteiger partial charge in [-0.05, 0) is 55.4 Å². The average Bonchev–Trinajstić information content (AvgIpc) is 2.86. The molecule has 1 aliphatic heterocycles. The molecule has 6 nitrogen and oxygen atoms in total. The lowest BCUT2D eigenvalue weighted by Gasteiger charge is -2.32. The van der Waals surface area contributed by atoms with Crippen LogP contribution >= 0.6 is 0 Å². The van der Waals surface area contributed by atoms with E-state index in [4.69, 9.17) is 4.74 Å². The molecule has 2 heterocycles. The summed E-state index contributed by atoms with van der Waals surface area (Å²) >= 11 is 0. The summed E-state index contributed by atoms with van der Waals surface area (Å²) in [5.74, 6) is 1.55. The molecule has 1 fully saturated rings. The third kappa shape index (κ3) is 6.09. The van der Waals surface area contributed by atoms with Crippen LogP contribution in [0.15, 0.2) is 71.5 Å². The van der Waals surface area contributed by atoms with Crippen LogP contribution in [0.1, 0.15) is 31.2 Å². The maximum absolute atomic E-state index is 12.7. The van der Waals surface area contributed by atoms with Crippen LogP contribution in [0, 0.1) is 5.92 Å². The second kappa shape index (κ2) is 10.9. The number of ether oxygens (including phenoxy) is 1. The zero-order valence-corrected chi connectivity index (χ0v) is 19.2. The number of likely N-dealkylation sites (tertiary alicyclic amines) is 1. The molecule has 2 aromatic carbocycles. The van der Waals surface area contributed by atoms with E-state index in [0.717, 1.165) is 43.7 Å². The molecule has 0 aliphatic carbocycles. The van der Waals surface area contributed by atoms with E-state index in [9.17, 15) is 9.59 Å². The van der Waals surface area contributed by atoms with E-state index in [1.807, 2.05) is 35.2 Å². The molecule has 1 amide bonds. The van der Waals surface area contributed by atoms with Crippen molar-refractivity contribution in [2.75, 3.05) is 20.2 Å². The number of carbonyl (C=O) groups excluding carboxylic acids is 1. The summed E-state index contributed by atoms with van der Waals surface area (Å²) in [6, 6.07) is 21.4. The Balaban J connectivity index is 1.27. The van der Waals surface area contributed by atoms with Gasteiger partial charge in [0, 0.05) is 37.7 Å². The summed E-state index contributed by atoms with van der Waals surface area (Å²) in [6.07, 6.45) is 4.20. The Morgan fingerprint density at radius 1 is 1.03 bits per heavy atom. The van der Waals surface area contributed by atoms with E-state index in [1.165, 1.54) is 16.3 Å². The summed E-state index contributed by atoms with van der Waals surface area (Å²) in [5, 5.41) is 4.50. The number of nitrogens with zero attached hydrogens (tertiary/aromatic N) is 3. The van der Waals surface area contributed by atoms with Gasteiger partial charge < -0.3 is 9.64 Å². The van der Waals surface area contributed by atoms with Crippen molar-refractivity contribution in [3.05, 3.63) is 82.6 Å². The average molecular weight is 446 g/mol. The molecule has 1 aliphatic rings. The summed E-state index contributed by atoms with van der Waals surface area (Å²) < 4.78 is 6.73. The van der Waals surface area contributed by atoms with Gasteiger partial charge in [-0.25, -0.2) is 4.68 Å². The van der Waals surface area contributed by atoms with Crippen molar-refractivity contribution < 1.29 is 9.53 Å². The Kier molecular flexibility index (Phi) is 7.55. The maximum Gasteiger partial charge on any atom is 0.266 e. The van der Waals surface area contributed by atoms with Crippen molar-refractivity contribution in [2.45, 2.75) is 38.6 Å². The fourth-order valence-corrected chi connectivity index (χ4v) is 4.42. The summed E-state index contributed by atoms with van der Waals surface area (Å²) in [4.78, 5) is 26.9. The summed E-state index contributed by atoms with van der Waals surface area (Å²) in [6.45, 7) is 2.06. The van der Waals surface area contributed by atoms with E-state index < -0.39 is 0 Å². The van der Waals surface area contributed by atoms with E-state index in [-0.39, 0.29) is 11.5 Å². The SMILES string of the molecule is COc1cccc(-c2ccc(=O)n(CCCC(=O)N3CCC(Cc4ccccc4)CC3)n2)c1. The van der Waals surface area contributed by atoms with Crippen LogP contribution < -0.4 is 10.3 Å². The van der Waals surface area contributed by atoms with E-state index in [1.54, 1.807) is 13.2 Å². The number of carbonyl (C=O) groups is 1. The fourth-order valence-electron chi connectivity index (χ4n) is 4.42. The van der Waals surface area contributed by atoms with E-state index in [2.05, 4.69) is 29.4 Å². The Labute approximate surface area is 194 Å². The molecular formula is C27H31N3O3. The van der Waals surface area contributed by atoms with Crippen LogP contribution in [-0.2, 0) is 17.8 Å². The summed E-state index contributed by atoms with van der Waals surface area (Å²) in [7, 11) is 1.62. The lowest BCUT2D eigenvalue weighted by atomic mass is 9.90. The highest BCUT2D eigenvalue weighted by atomic mass is 16.5. The van der Waals surface area contributed by atoms with Gasteiger partial charge in [-0.3, -0.25) is 9.59 Å². The monoisotopic (exact) mass is 445 g/mol. The quantitative estimate of drug-likeness (QED) is 0.522. The number of aromatic nitrogens is 2. The second-order valence-corrected chi connectivity index (χ2v) is 8.63. The van der Waals surface area contributed by atoms with Crippen molar-refractivity contribution in [3.8, 4) is 17.0 Å². The van der Waals surface area contributed by atoms with Gasteiger partial charge in [-0.2, -0.15) is 5.10 Å². The minimum Gasteiger partial charge on any atom is -0.497 e. The van der Waals surface area contributed by atoms with Crippen LogP contribution in [0.25, 0.3) is 11.3 Å². The van der Waals surface area contributed by atoms with Crippen LogP contribution in [-0.4, -0.2) is 40.8 Å². The van der Waals surface area contributed by atoms with E-state index in [0.29, 0.717) is 31.0 Å². The van der Waals surface area contributed by atoms with Crippen molar-refractivity contribution in [1.29, 1.82) is 0 Å². The van der Waals surface area contributed by atoms with Gasteiger partial charge in [0.05, 0.1) is 12.8 Å². The van der Waals surface area contributed by atoms with Gasteiger partial charge in [0.15, 0.2) is 0 Å². The second-order valence-electron chi connectivity index (χ2n) is 8.63. The smallest absolute Gasteiger partial charge is 0.266 e. The molecular weight excluding hydrogens is 414 g/mol. The molecule has 3 aromatic rings. The van der Waals surface area contributed by atoms with Crippen LogP contribution in [0.5, 0.6) is 5.75 Å². The highest BCUT2D eigenvalue weighted by molar-refractivity contribution is 5.76. The largest absolute Gasteiger partial charge is 0.497 e. The first kappa shape index (κ1) is 22.8. The normalized spacial score (nSPS) is 14.3. The summed E-state index contributed by atoms with van der Waals surface area (Å²) in [5.41, 5.74) is 2.81. The molecule has 0 unspecified atom stereocenters. The first-order chi connectivity index (χ1) is 16.1. The maximum atomic E-state index is 12.7. The van der Waals surface area contributed by atoms with Gasteiger partial charge in [-0.15, -0.1) is 0 Å². The molecule has 4 rings (SSSR count). The number of benzene rings is 2. The number of methoxy groups -OCH3 is 1. The molecule has 1 saturated heterocycles. The van der Waals surface area contributed by atoms with E-state index >= 15 is 0 Å². The highest BCUT2D eigenvalue weighted by Gasteiger charge is 2.22. The van der Waals surface area contributed by atoms with Gasteiger partial charge in [-0.1, -0.05) is 42.5 Å². The number of rotatable bonds is 8. The molecule has 0 spiro atoms. The third-order valence-electron chi connectivity index (χ3n) is 6.33. The molecule has 0 atom stereocenters. The van der Waals surface area contributed by atoms with Crippen LogP contribution in [0.2, 0.25) is 0 Å². The van der Waals surface area contributed by atoms with Gasteiger partial charge in [0.1, 0.15) is 5.75 Å². The van der Waals surface area contributed by atoms with Crippen LogP contribution in [0.3, 0.4) is 0 Å². The fraction of sp³-hybridized carbons (Fsp3) is 0.370. The first-order valence-electron chi connectivity index (χ1n) is 11.7. The molecule has 172 valence electrons. The Morgan fingerprint density at radius 2 is 1.82 bits per heavy atom. The first-order valence-corrected chi connectivity index (χ1v) is 11.7. The van der Waals surface area contributed by atoms with Gasteiger partial charge >= 0.3 is 0 Å². The van der Waals surface area contributed by atoms with Crippen LogP contribution in [0.4, 0.5) is 0 Å². The van der Waals surface area contributed by atoms with Crippen molar-refractivity contribution >= 4 is 5.91 Å². The zero-order valence-electron chi connectivity index (χ0n) is 19.2. The van der Waals surface area contributed by atoms with Crippen molar-refractivity contribution in [1.82, 2.24) is 14.7 Å². The van der Waals surface area contributed by atoms with Gasteiger partial charge in [0.2, 0.25) is 5.91 Å². The number of piperidine rings is 1. The Morgan fingerprint density at radius 3 is 2.58 bits per heavy atom. The molecule has 0 bridgehead atoms. The Hall–Kier alpha value is -3.41. The Bertz CT molecular complexity index is 1120. The lowest BCUT2D eigenvalue weighted by Crippen LogP contribution is -2.39.